The number of benzene rings is 1. The number of fused-ring (bicyclic) bond motifs is 1. The first-order valence-electron chi connectivity index (χ1n) is 5.35. The van der Waals surface area contributed by atoms with Gasteiger partial charge < -0.3 is 10.5 Å². The van der Waals surface area contributed by atoms with Gasteiger partial charge in [-0.15, -0.1) is 0 Å². The van der Waals surface area contributed by atoms with Gasteiger partial charge in [-0.05, 0) is 32.0 Å². The summed E-state index contributed by atoms with van der Waals surface area (Å²) in [4.78, 5) is 4.29. The highest BCUT2D eigenvalue weighted by atomic mass is 35.5. The monoisotopic (exact) mass is 250 g/mol. The van der Waals surface area contributed by atoms with Gasteiger partial charge in [0.1, 0.15) is 0 Å². The summed E-state index contributed by atoms with van der Waals surface area (Å²) in [6, 6.07) is 5.57. The number of aromatic nitrogens is 1. The number of halogens is 1. The fraction of sp³-hybridized carbons (Fsp3) is 0.308. The van der Waals surface area contributed by atoms with Crippen LogP contribution in [0.3, 0.4) is 0 Å². The van der Waals surface area contributed by atoms with Crippen molar-refractivity contribution in [3.63, 3.8) is 0 Å². The molecule has 17 heavy (non-hydrogen) atoms. The lowest BCUT2D eigenvalue weighted by Gasteiger charge is -2.26. The molecule has 0 aliphatic rings. The number of nitrogen functional groups attached to an aromatic ring is 1. The molecule has 1 aromatic carbocycles. The van der Waals surface area contributed by atoms with Gasteiger partial charge in [-0.25, -0.2) is 0 Å². The molecule has 2 aromatic rings. The lowest BCUT2D eigenvalue weighted by Crippen LogP contribution is -2.22. The molecule has 1 aromatic heterocycles. The summed E-state index contributed by atoms with van der Waals surface area (Å²) in [5, 5.41) is 1.60. The molecule has 0 unspecified atom stereocenters. The van der Waals surface area contributed by atoms with E-state index in [1.165, 1.54) is 0 Å². The van der Waals surface area contributed by atoms with Crippen molar-refractivity contribution in [1.82, 2.24) is 4.98 Å². The quantitative estimate of drug-likeness (QED) is 0.889. The number of ether oxygens (including phenoxy) is 1. The van der Waals surface area contributed by atoms with Gasteiger partial charge in [0.25, 0.3) is 0 Å². The molecule has 1 heterocycles. The number of pyridine rings is 1. The Morgan fingerprint density at radius 1 is 1.35 bits per heavy atom. The lowest BCUT2D eigenvalue weighted by atomic mass is 9.93. The molecule has 0 saturated carbocycles. The minimum Gasteiger partial charge on any atom is -0.397 e. The van der Waals surface area contributed by atoms with Crippen LogP contribution in [0.2, 0.25) is 5.02 Å². The fourth-order valence-corrected chi connectivity index (χ4v) is 2.13. The molecule has 0 amide bonds. The van der Waals surface area contributed by atoms with Crippen molar-refractivity contribution in [2.75, 3.05) is 12.8 Å². The van der Waals surface area contributed by atoms with E-state index in [4.69, 9.17) is 22.1 Å². The second-order valence-electron chi connectivity index (χ2n) is 4.46. The average molecular weight is 251 g/mol. The Morgan fingerprint density at radius 3 is 2.71 bits per heavy atom. The number of methoxy groups -OCH3 is 1. The van der Waals surface area contributed by atoms with E-state index in [9.17, 15) is 0 Å². The van der Waals surface area contributed by atoms with Crippen molar-refractivity contribution in [1.29, 1.82) is 0 Å². The predicted molar refractivity (Wildman–Crippen MR) is 71.2 cm³/mol. The molecule has 0 radical (unpaired) electrons. The van der Waals surface area contributed by atoms with E-state index in [0.717, 1.165) is 16.5 Å². The first-order chi connectivity index (χ1) is 7.95. The van der Waals surface area contributed by atoms with E-state index in [-0.39, 0.29) is 0 Å². The third-order valence-electron chi connectivity index (χ3n) is 2.97. The molecule has 3 nitrogen and oxygen atoms in total. The molecule has 2 rings (SSSR count). The van der Waals surface area contributed by atoms with Crippen LogP contribution in [0.15, 0.2) is 24.4 Å². The highest BCUT2D eigenvalue weighted by molar-refractivity contribution is 6.31. The largest absolute Gasteiger partial charge is 0.397 e. The summed E-state index contributed by atoms with van der Waals surface area (Å²) in [5.74, 6) is 0. The number of nitrogens with zero attached hydrogens (tertiary/aromatic N) is 1. The predicted octanol–water partition coefficient (Wildman–Crippen LogP) is 3.35. The van der Waals surface area contributed by atoms with Gasteiger partial charge in [-0.2, -0.15) is 0 Å². The molecule has 0 spiro atoms. The molecule has 0 aliphatic heterocycles. The molecule has 0 saturated heterocycles. The van der Waals surface area contributed by atoms with E-state index < -0.39 is 5.60 Å². The van der Waals surface area contributed by atoms with E-state index in [0.29, 0.717) is 10.7 Å². The van der Waals surface area contributed by atoms with E-state index in [2.05, 4.69) is 4.98 Å². The zero-order valence-corrected chi connectivity index (χ0v) is 10.9. The van der Waals surface area contributed by atoms with Crippen molar-refractivity contribution in [3.8, 4) is 0 Å². The molecule has 4 heteroatoms. The van der Waals surface area contributed by atoms with Crippen LogP contribution in [0, 0.1) is 0 Å². The number of hydrogen-bond donors (Lipinski definition) is 1. The van der Waals surface area contributed by atoms with E-state index in [1.807, 2.05) is 32.0 Å². The van der Waals surface area contributed by atoms with E-state index in [1.54, 1.807) is 13.3 Å². The Labute approximate surface area is 106 Å². The highest BCUT2D eigenvalue weighted by Crippen LogP contribution is 2.35. The molecule has 0 fully saturated rings. The van der Waals surface area contributed by atoms with Crippen molar-refractivity contribution >= 4 is 28.2 Å². The first-order valence-corrected chi connectivity index (χ1v) is 5.73. The Balaban J connectivity index is 2.84. The molecule has 0 aliphatic carbocycles. The third kappa shape index (κ3) is 2.08. The Morgan fingerprint density at radius 2 is 2.06 bits per heavy atom. The summed E-state index contributed by atoms with van der Waals surface area (Å²) >= 11 is 6.03. The standard InChI is InChI=1S/C13H15ClN2O/c1-13(2,17-3)12-9-6-8(14)4-5-11(9)16-7-10(12)15/h4-7H,15H2,1-3H3. The Hall–Kier alpha value is -1.32. The van der Waals surface area contributed by atoms with Crippen LogP contribution in [0.25, 0.3) is 10.9 Å². The summed E-state index contributed by atoms with van der Waals surface area (Å²) < 4.78 is 5.50. The summed E-state index contributed by atoms with van der Waals surface area (Å²) in [7, 11) is 1.66. The van der Waals surface area contributed by atoms with Crippen LogP contribution < -0.4 is 5.73 Å². The minimum absolute atomic E-state index is 0.476. The summed E-state index contributed by atoms with van der Waals surface area (Å²) in [6.07, 6.45) is 1.66. The SMILES string of the molecule is COC(C)(C)c1c(N)cnc2ccc(Cl)cc12. The summed E-state index contributed by atoms with van der Waals surface area (Å²) in [5.41, 5.74) is 7.94. The van der Waals surface area contributed by atoms with Gasteiger partial charge in [0.2, 0.25) is 0 Å². The zero-order valence-electron chi connectivity index (χ0n) is 10.1. The smallest absolute Gasteiger partial charge is 0.0898 e. The maximum Gasteiger partial charge on any atom is 0.0898 e. The van der Waals surface area contributed by atoms with Crippen LogP contribution in [-0.4, -0.2) is 12.1 Å². The number of hydrogen-bond acceptors (Lipinski definition) is 3. The minimum atomic E-state index is -0.476. The number of rotatable bonds is 2. The molecule has 0 bridgehead atoms. The highest BCUT2D eigenvalue weighted by Gasteiger charge is 2.25. The Kier molecular flexibility index (Phi) is 2.98. The van der Waals surface area contributed by atoms with Crippen molar-refractivity contribution in [2.24, 2.45) is 0 Å². The van der Waals surface area contributed by atoms with Gasteiger partial charge in [-0.3, -0.25) is 4.98 Å². The van der Waals surface area contributed by atoms with Crippen LogP contribution >= 0.6 is 11.6 Å². The van der Waals surface area contributed by atoms with Gasteiger partial charge in [0.05, 0.1) is 23.0 Å². The van der Waals surface area contributed by atoms with Crippen LogP contribution in [-0.2, 0) is 10.3 Å². The average Bonchev–Trinajstić information content (AvgIpc) is 2.28. The molecular weight excluding hydrogens is 236 g/mol. The second kappa shape index (κ2) is 4.17. The molecule has 2 N–H and O–H groups in total. The number of anilines is 1. The van der Waals surface area contributed by atoms with Crippen LogP contribution in [0.1, 0.15) is 19.4 Å². The van der Waals surface area contributed by atoms with Crippen molar-refractivity contribution < 1.29 is 4.74 Å². The van der Waals surface area contributed by atoms with Gasteiger partial charge in [0.15, 0.2) is 0 Å². The maximum atomic E-state index is 6.03. The lowest BCUT2D eigenvalue weighted by molar-refractivity contribution is 0.0211. The van der Waals surface area contributed by atoms with Crippen molar-refractivity contribution in [2.45, 2.75) is 19.4 Å². The van der Waals surface area contributed by atoms with Gasteiger partial charge >= 0.3 is 0 Å². The fourth-order valence-electron chi connectivity index (χ4n) is 1.95. The zero-order chi connectivity index (χ0) is 12.6. The molecular formula is C13H15ClN2O. The van der Waals surface area contributed by atoms with Crippen LogP contribution in [0.5, 0.6) is 0 Å². The second-order valence-corrected chi connectivity index (χ2v) is 4.90. The summed E-state index contributed by atoms with van der Waals surface area (Å²) in [6.45, 7) is 3.94. The molecule has 90 valence electrons. The topological polar surface area (TPSA) is 48.1 Å². The maximum absolute atomic E-state index is 6.03. The third-order valence-corrected chi connectivity index (χ3v) is 3.21. The normalized spacial score (nSPS) is 12.0. The van der Waals surface area contributed by atoms with Crippen LogP contribution in [0.4, 0.5) is 5.69 Å². The number of nitrogens with two attached hydrogens (primary N) is 1. The van der Waals surface area contributed by atoms with Gasteiger partial charge in [-0.1, -0.05) is 11.6 Å². The van der Waals surface area contributed by atoms with E-state index >= 15 is 0 Å². The Bertz CT molecular complexity index is 561. The first kappa shape index (κ1) is 12.1. The van der Waals surface area contributed by atoms with Crippen molar-refractivity contribution in [3.05, 3.63) is 35.0 Å². The van der Waals surface area contributed by atoms with Gasteiger partial charge in [0, 0.05) is 23.1 Å². The molecule has 0 atom stereocenters.